The lowest BCUT2D eigenvalue weighted by atomic mass is 10.1. The van der Waals surface area contributed by atoms with Gasteiger partial charge in [-0.15, -0.1) is 12.4 Å². The molecule has 4 nitrogen and oxygen atoms in total. The van der Waals surface area contributed by atoms with Crippen LogP contribution in [0.5, 0.6) is 17.2 Å². The van der Waals surface area contributed by atoms with Gasteiger partial charge in [-0.05, 0) is 32.0 Å². The van der Waals surface area contributed by atoms with Crippen LogP contribution in [0.3, 0.4) is 0 Å². The molecule has 5 heteroatoms. The van der Waals surface area contributed by atoms with Gasteiger partial charge in [0.15, 0.2) is 11.5 Å². The van der Waals surface area contributed by atoms with Gasteiger partial charge in [-0.1, -0.05) is 12.5 Å². The Hall–Kier alpha value is -1.13. The molecule has 0 N–H and O–H groups in total. The Morgan fingerprint density at radius 3 is 2.10 bits per heavy atom. The van der Waals surface area contributed by atoms with Crippen molar-refractivity contribution in [1.29, 1.82) is 0 Å². The Bertz CT molecular complexity index is 420. The van der Waals surface area contributed by atoms with Gasteiger partial charge in [0.25, 0.3) is 0 Å². The molecule has 0 bridgehead atoms. The minimum Gasteiger partial charge on any atom is -0.493 e. The van der Waals surface area contributed by atoms with Crippen LogP contribution >= 0.6 is 12.4 Å². The van der Waals surface area contributed by atoms with Gasteiger partial charge in [0, 0.05) is 12.1 Å². The van der Waals surface area contributed by atoms with E-state index in [0.29, 0.717) is 11.5 Å². The van der Waals surface area contributed by atoms with Gasteiger partial charge in [0.1, 0.15) is 0 Å². The third-order valence-electron chi connectivity index (χ3n) is 3.63. The summed E-state index contributed by atoms with van der Waals surface area (Å²) in [6.45, 7) is 3.23. The number of halogens is 1. The first kappa shape index (κ1) is 16.9. The summed E-state index contributed by atoms with van der Waals surface area (Å²) in [5.41, 5.74) is 1.15. The fourth-order valence-corrected chi connectivity index (χ4v) is 2.65. The van der Waals surface area contributed by atoms with Crippen molar-refractivity contribution in [2.75, 3.05) is 34.4 Å². The van der Waals surface area contributed by atoms with E-state index in [1.807, 2.05) is 6.07 Å². The minimum absolute atomic E-state index is 0. The van der Waals surface area contributed by atoms with Crippen LogP contribution in [0.2, 0.25) is 0 Å². The molecule has 1 fully saturated rings. The Morgan fingerprint density at radius 1 is 0.900 bits per heavy atom. The van der Waals surface area contributed by atoms with E-state index in [2.05, 4.69) is 11.0 Å². The second kappa shape index (κ2) is 8.22. The maximum absolute atomic E-state index is 5.52. The first-order valence-corrected chi connectivity index (χ1v) is 6.80. The second-order valence-electron chi connectivity index (χ2n) is 4.83. The van der Waals surface area contributed by atoms with Crippen LogP contribution in [0.1, 0.15) is 24.8 Å². The molecule has 0 aromatic heterocycles. The molecule has 20 heavy (non-hydrogen) atoms. The third-order valence-corrected chi connectivity index (χ3v) is 3.63. The van der Waals surface area contributed by atoms with Crippen LogP contribution in [-0.4, -0.2) is 39.3 Å². The summed E-state index contributed by atoms with van der Waals surface area (Å²) < 4.78 is 16.2. The number of piperidine rings is 1. The molecular formula is C15H24ClNO3. The molecular weight excluding hydrogens is 278 g/mol. The zero-order valence-corrected chi connectivity index (χ0v) is 13.3. The van der Waals surface area contributed by atoms with Crippen LogP contribution in [-0.2, 0) is 6.54 Å². The average Bonchev–Trinajstić information content (AvgIpc) is 2.47. The van der Waals surface area contributed by atoms with Crippen molar-refractivity contribution in [2.24, 2.45) is 0 Å². The Labute approximate surface area is 127 Å². The van der Waals surface area contributed by atoms with E-state index < -0.39 is 0 Å². The van der Waals surface area contributed by atoms with Crippen molar-refractivity contribution in [1.82, 2.24) is 4.90 Å². The highest BCUT2D eigenvalue weighted by Gasteiger charge is 2.18. The normalized spacial score (nSPS) is 15.3. The summed E-state index contributed by atoms with van der Waals surface area (Å²) in [6.07, 6.45) is 3.92. The van der Waals surface area contributed by atoms with E-state index in [-0.39, 0.29) is 12.4 Å². The summed E-state index contributed by atoms with van der Waals surface area (Å²) in [4.78, 5) is 2.47. The molecule has 0 spiro atoms. The summed E-state index contributed by atoms with van der Waals surface area (Å²) in [5, 5.41) is 0. The van der Waals surface area contributed by atoms with E-state index in [4.69, 9.17) is 14.2 Å². The molecule has 1 saturated heterocycles. The van der Waals surface area contributed by atoms with E-state index in [1.54, 1.807) is 21.3 Å². The van der Waals surface area contributed by atoms with Crippen LogP contribution in [0.25, 0.3) is 0 Å². The topological polar surface area (TPSA) is 30.9 Å². The van der Waals surface area contributed by atoms with Crippen molar-refractivity contribution in [3.05, 3.63) is 17.7 Å². The second-order valence-corrected chi connectivity index (χ2v) is 4.83. The van der Waals surface area contributed by atoms with Crippen LogP contribution in [0, 0.1) is 0 Å². The predicted molar refractivity (Wildman–Crippen MR) is 82.5 cm³/mol. The lowest BCUT2D eigenvalue weighted by Crippen LogP contribution is -2.29. The number of ether oxygens (including phenoxy) is 3. The fraction of sp³-hybridized carbons (Fsp3) is 0.600. The zero-order chi connectivity index (χ0) is 13.7. The van der Waals surface area contributed by atoms with Crippen molar-refractivity contribution >= 4 is 12.4 Å². The maximum Gasteiger partial charge on any atom is 0.203 e. The fourth-order valence-electron chi connectivity index (χ4n) is 2.65. The lowest BCUT2D eigenvalue weighted by Gasteiger charge is -2.27. The van der Waals surface area contributed by atoms with E-state index in [0.717, 1.165) is 30.9 Å². The summed E-state index contributed by atoms with van der Waals surface area (Å²) >= 11 is 0. The van der Waals surface area contributed by atoms with E-state index in [1.165, 1.54) is 19.3 Å². The van der Waals surface area contributed by atoms with Gasteiger partial charge in [-0.2, -0.15) is 0 Å². The van der Waals surface area contributed by atoms with Gasteiger partial charge in [0.05, 0.1) is 21.3 Å². The highest BCUT2D eigenvalue weighted by molar-refractivity contribution is 5.85. The number of hydrogen-bond acceptors (Lipinski definition) is 4. The number of methoxy groups -OCH3 is 3. The molecule has 2 rings (SSSR count). The summed E-state index contributed by atoms with van der Waals surface area (Å²) in [7, 11) is 4.96. The standard InChI is InChI=1S/C15H23NO3.ClH/c1-17-13-8-7-12(14(18-2)15(13)19-3)11-16-9-5-4-6-10-16;/h7-8H,4-6,9-11H2,1-3H3;1H. The molecule has 1 aliphatic rings. The molecule has 0 aliphatic carbocycles. The van der Waals surface area contributed by atoms with Gasteiger partial charge >= 0.3 is 0 Å². The number of rotatable bonds is 5. The monoisotopic (exact) mass is 301 g/mol. The number of benzene rings is 1. The zero-order valence-electron chi connectivity index (χ0n) is 12.5. The molecule has 0 radical (unpaired) electrons. The Kier molecular flexibility index (Phi) is 6.96. The average molecular weight is 302 g/mol. The number of nitrogens with zero attached hydrogens (tertiary/aromatic N) is 1. The van der Waals surface area contributed by atoms with Gasteiger partial charge < -0.3 is 14.2 Å². The minimum atomic E-state index is 0. The largest absolute Gasteiger partial charge is 0.493 e. The van der Waals surface area contributed by atoms with Gasteiger partial charge in [-0.25, -0.2) is 0 Å². The SMILES string of the molecule is COc1ccc(CN2CCCCC2)c(OC)c1OC.Cl. The van der Waals surface area contributed by atoms with Crippen LogP contribution < -0.4 is 14.2 Å². The smallest absolute Gasteiger partial charge is 0.203 e. The summed E-state index contributed by atoms with van der Waals surface area (Å²) in [5.74, 6) is 2.17. The molecule has 1 aromatic carbocycles. The first-order chi connectivity index (χ1) is 9.30. The molecule has 1 aliphatic heterocycles. The molecule has 0 amide bonds. The molecule has 1 heterocycles. The van der Waals surface area contributed by atoms with Crippen LogP contribution in [0.4, 0.5) is 0 Å². The van der Waals surface area contributed by atoms with Crippen molar-refractivity contribution in [3.8, 4) is 17.2 Å². The van der Waals surface area contributed by atoms with Crippen molar-refractivity contribution in [3.63, 3.8) is 0 Å². The summed E-state index contributed by atoms with van der Waals surface area (Å²) in [6, 6.07) is 4.01. The highest BCUT2D eigenvalue weighted by atomic mass is 35.5. The van der Waals surface area contributed by atoms with E-state index in [9.17, 15) is 0 Å². The number of hydrogen-bond donors (Lipinski definition) is 0. The number of likely N-dealkylation sites (tertiary alicyclic amines) is 1. The Balaban J connectivity index is 0.00000200. The van der Waals surface area contributed by atoms with Gasteiger partial charge in [0.2, 0.25) is 5.75 Å². The first-order valence-electron chi connectivity index (χ1n) is 6.80. The Morgan fingerprint density at radius 2 is 1.55 bits per heavy atom. The maximum atomic E-state index is 5.52. The lowest BCUT2D eigenvalue weighted by molar-refractivity contribution is 0.217. The molecule has 114 valence electrons. The van der Waals surface area contributed by atoms with E-state index >= 15 is 0 Å². The quantitative estimate of drug-likeness (QED) is 0.836. The molecule has 1 aromatic rings. The van der Waals surface area contributed by atoms with Crippen molar-refractivity contribution in [2.45, 2.75) is 25.8 Å². The van der Waals surface area contributed by atoms with Crippen LogP contribution in [0.15, 0.2) is 12.1 Å². The molecule has 0 saturated carbocycles. The molecule has 0 unspecified atom stereocenters. The highest BCUT2D eigenvalue weighted by Crippen LogP contribution is 2.40. The van der Waals surface area contributed by atoms with Crippen molar-refractivity contribution < 1.29 is 14.2 Å². The predicted octanol–water partition coefficient (Wildman–Crippen LogP) is 3.12. The third kappa shape index (κ3) is 3.70. The molecule has 0 atom stereocenters. The van der Waals surface area contributed by atoms with Gasteiger partial charge in [-0.3, -0.25) is 4.90 Å².